The van der Waals surface area contributed by atoms with E-state index in [9.17, 15) is 4.39 Å². The predicted molar refractivity (Wildman–Crippen MR) is 118 cm³/mol. The van der Waals surface area contributed by atoms with Gasteiger partial charge in [0.2, 0.25) is 5.88 Å². The molecule has 0 saturated heterocycles. The van der Waals surface area contributed by atoms with Gasteiger partial charge in [-0.25, -0.2) is 9.37 Å². The number of ether oxygens (including phenoxy) is 1. The van der Waals surface area contributed by atoms with Crippen molar-refractivity contribution in [1.29, 1.82) is 0 Å². The molecule has 0 bridgehead atoms. The average Bonchev–Trinajstić information content (AvgIpc) is 2.75. The van der Waals surface area contributed by atoms with E-state index in [4.69, 9.17) is 4.74 Å². The van der Waals surface area contributed by atoms with Crippen LogP contribution in [0.1, 0.15) is 18.1 Å². The number of aryl methyl sites for hydroxylation is 2. The number of aromatic nitrogens is 3. The SMILES string of the molecule is CCOc1cc(C)ccn1.Cc1cncc(-c2ccnc(-c3ccccc3F)c2)c1. The van der Waals surface area contributed by atoms with Gasteiger partial charge in [-0.3, -0.25) is 9.97 Å². The molecule has 1 aromatic carbocycles. The first-order valence-corrected chi connectivity index (χ1v) is 9.75. The molecule has 0 saturated carbocycles. The van der Waals surface area contributed by atoms with Crippen LogP contribution in [0.4, 0.5) is 4.39 Å². The van der Waals surface area contributed by atoms with Crippen molar-refractivity contribution < 1.29 is 9.13 Å². The molecule has 4 nitrogen and oxygen atoms in total. The zero-order valence-electron chi connectivity index (χ0n) is 17.3. The van der Waals surface area contributed by atoms with E-state index in [1.54, 1.807) is 36.8 Å². The molecule has 5 heteroatoms. The fourth-order valence-electron chi connectivity index (χ4n) is 2.87. The first-order chi connectivity index (χ1) is 14.6. The molecule has 3 aromatic heterocycles. The van der Waals surface area contributed by atoms with Crippen LogP contribution in [0.15, 0.2) is 79.4 Å². The monoisotopic (exact) mass is 401 g/mol. The zero-order valence-corrected chi connectivity index (χ0v) is 17.3. The largest absolute Gasteiger partial charge is 0.478 e. The molecule has 0 spiro atoms. The fourth-order valence-corrected chi connectivity index (χ4v) is 2.87. The number of hydrogen-bond acceptors (Lipinski definition) is 4. The lowest BCUT2D eigenvalue weighted by Crippen LogP contribution is -1.93. The maximum absolute atomic E-state index is 13.8. The van der Waals surface area contributed by atoms with E-state index >= 15 is 0 Å². The lowest BCUT2D eigenvalue weighted by molar-refractivity contribution is 0.326. The first-order valence-electron chi connectivity index (χ1n) is 9.75. The zero-order chi connectivity index (χ0) is 21.3. The Morgan fingerprint density at radius 2 is 1.63 bits per heavy atom. The second-order valence-corrected chi connectivity index (χ2v) is 6.77. The standard InChI is InChI=1S/C17H13FN2.C8H11NO/c1-12-8-14(11-19-10-12)13-6-7-20-17(9-13)15-4-2-3-5-16(15)18;1-3-10-8-6-7(2)4-5-9-8/h2-11H,1H3;4-6H,3H2,1-2H3. The van der Waals surface area contributed by atoms with Gasteiger partial charge in [0.25, 0.3) is 0 Å². The van der Waals surface area contributed by atoms with E-state index < -0.39 is 0 Å². The van der Waals surface area contributed by atoms with E-state index in [0.717, 1.165) is 16.7 Å². The Balaban J connectivity index is 0.000000216. The summed E-state index contributed by atoms with van der Waals surface area (Å²) >= 11 is 0. The number of nitrogens with zero attached hydrogens (tertiary/aromatic N) is 3. The van der Waals surface area contributed by atoms with Crippen molar-refractivity contribution in [3.8, 4) is 28.3 Å². The highest BCUT2D eigenvalue weighted by Crippen LogP contribution is 2.26. The van der Waals surface area contributed by atoms with Gasteiger partial charge in [0.1, 0.15) is 5.82 Å². The molecular weight excluding hydrogens is 377 g/mol. The molecule has 0 aliphatic rings. The summed E-state index contributed by atoms with van der Waals surface area (Å²) in [4.78, 5) is 12.5. The second-order valence-electron chi connectivity index (χ2n) is 6.77. The van der Waals surface area contributed by atoms with E-state index in [1.165, 1.54) is 11.6 Å². The highest BCUT2D eigenvalue weighted by Gasteiger charge is 2.07. The molecule has 0 aliphatic carbocycles. The topological polar surface area (TPSA) is 47.9 Å². The minimum absolute atomic E-state index is 0.264. The van der Waals surface area contributed by atoms with Gasteiger partial charge >= 0.3 is 0 Å². The first kappa shape index (κ1) is 21.1. The van der Waals surface area contributed by atoms with Gasteiger partial charge in [0, 0.05) is 42.0 Å². The normalized spacial score (nSPS) is 10.1. The van der Waals surface area contributed by atoms with Crippen LogP contribution in [-0.2, 0) is 0 Å². The maximum atomic E-state index is 13.8. The molecule has 30 heavy (non-hydrogen) atoms. The Bertz CT molecular complexity index is 1110. The number of pyridine rings is 3. The number of hydrogen-bond donors (Lipinski definition) is 0. The summed E-state index contributed by atoms with van der Waals surface area (Å²) in [6.45, 7) is 6.64. The summed E-state index contributed by atoms with van der Waals surface area (Å²) in [7, 11) is 0. The minimum Gasteiger partial charge on any atom is -0.478 e. The summed E-state index contributed by atoms with van der Waals surface area (Å²) in [6.07, 6.45) is 7.05. The molecule has 0 amide bonds. The van der Waals surface area contributed by atoms with Gasteiger partial charge in [-0.15, -0.1) is 0 Å². The Labute approximate surface area is 176 Å². The molecule has 0 unspecified atom stereocenters. The highest BCUT2D eigenvalue weighted by molar-refractivity contribution is 5.70. The van der Waals surface area contributed by atoms with Gasteiger partial charge in [-0.05, 0) is 73.9 Å². The molecule has 0 radical (unpaired) electrons. The van der Waals surface area contributed by atoms with Crippen LogP contribution in [0, 0.1) is 19.7 Å². The predicted octanol–water partition coefficient (Wildman–Crippen LogP) is 6.05. The van der Waals surface area contributed by atoms with E-state index in [0.29, 0.717) is 23.7 Å². The maximum Gasteiger partial charge on any atom is 0.213 e. The van der Waals surface area contributed by atoms with Crippen LogP contribution < -0.4 is 4.74 Å². The van der Waals surface area contributed by atoms with Gasteiger partial charge in [-0.2, -0.15) is 0 Å². The average molecular weight is 401 g/mol. The fraction of sp³-hybridized carbons (Fsp3) is 0.160. The van der Waals surface area contributed by atoms with Crippen LogP contribution >= 0.6 is 0 Å². The Morgan fingerprint density at radius 3 is 2.37 bits per heavy atom. The van der Waals surface area contributed by atoms with E-state index in [1.807, 2.05) is 57.3 Å². The van der Waals surface area contributed by atoms with Crippen LogP contribution in [-0.4, -0.2) is 21.6 Å². The number of rotatable bonds is 4. The van der Waals surface area contributed by atoms with E-state index in [-0.39, 0.29) is 5.82 Å². The van der Waals surface area contributed by atoms with Gasteiger partial charge < -0.3 is 4.74 Å². The van der Waals surface area contributed by atoms with Gasteiger partial charge in [0.15, 0.2) is 0 Å². The van der Waals surface area contributed by atoms with Crippen molar-refractivity contribution in [1.82, 2.24) is 15.0 Å². The third kappa shape index (κ3) is 5.70. The van der Waals surface area contributed by atoms with Crippen molar-refractivity contribution in [3.63, 3.8) is 0 Å². The molecule has 0 fully saturated rings. The summed E-state index contributed by atoms with van der Waals surface area (Å²) < 4.78 is 19.0. The summed E-state index contributed by atoms with van der Waals surface area (Å²) in [6, 6.07) is 16.4. The van der Waals surface area contributed by atoms with Crippen molar-refractivity contribution >= 4 is 0 Å². The van der Waals surface area contributed by atoms with Crippen molar-refractivity contribution in [3.05, 3.63) is 96.3 Å². The number of halogens is 1. The van der Waals surface area contributed by atoms with Crippen LogP contribution in [0.25, 0.3) is 22.4 Å². The third-order valence-electron chi connectivity index (χ3n) is 4.30. The molecule has 3 heterocycles. The van der Waals surface area contributed by atoms with Crippen molar-refractivity contribution in [2.75, 3.05) is 6.61 Å². The summed E-state index contributed by atoms with van der Waals surface area (Å²) in [5, 5.41) is 0. The van der Waals surface area contributed by atoms with Gasteiger partial charge in [0.05, 0.1) is 12.3 Å². The van der Waals surface area contributed by atoms with Crippen LogP contribution in [0.5, 0.6) is 5.88 Å². The van der Waals surface area contributed by atoms with Crippen molar-refractivity contribution in [2.24, 2.45) is 0 Å². The minimum atomic E-state index is -0.264. The summed E-state index contributed by atoms with van der Waals surface area (Å²) in [5.74, 6) is 0.446. The molecule has 0 aliphatic heterocycles. The Hall–Kier alpha value is -3.60. The lowest BCUT2D eigenvalue weighted by Gasteiger charge is -2.06. The van der Waals surface area contributed by atoms with Gasteiger partial charge in [-0.1, -0.05) is 12.1 Å². The molecule has 0 N–H and O–H groups in total. The third-order valence-corrected chi connectivity index (χ3v) is 4.30. The van der Waals surface area contributed by atoms with E-state index in [2.05, 4.69) is 15.0 Å². The smallest absolute Gasteiger partial charge is 0.213 e. The highest BCUT2D eigenvalue weighted by atomic mass is 19.1. The molecule has 152 valence electrons. The van der Waals surface area contributed by atoms with Crippen LogP contribution in [0.3, 0.4) is 0 Å². The summed E-state index contributed by atoms with van der Waals surface area (Å²) in [5.41, 5.74) is 5.39. The molecule has 0 atom stereocenters. The Kier molecular flexibility index (Phi) is 7.22. The van der Waals surface area contributed by atoms with Crippen LogP contribution in [0.2, 0.25) is 0 Å². The second kappa shape index (κ2) is 10.3. The molecule has 4 aromatic rings. The lowest BCUT2D eigenvalue weighted by atomic mass is 10.0. The Morgan fingerprint density at radius 1 is 0.833 bits per heavy atom. The number of benzene rings is 1. The molecule has 4 rings (SSSR count). The quantitative estimate of drug-likeness (QED) is 0.418. The van der Waals surface area contributed by atoms with Crippen molar-refractivity contribution in [2.45, 2.75) is 20.8 Å². The molecular formula is C25H24FN3O.